The molecule has 0 aliphatic carbocycles. The van der Waals surface area contributed by atoms with Gasteiger partial charge in [-0.15, -0.1) is 0 Å². The van der Waals surface area contributed by atoms with Crippen molar-refractivity contribution in [2.75, 3.05) is 13.2 Å². The van der Waals surface area contributed by atoms with Gasteiger partial charge in [0.2, 0.25) is 0 Å². The second-order valence-corrected chi connectivity index (χ2v) is 5.67. The monoisotopic (exact) mass is 342 g/mol. The molecule has 5 nitrogen and oxygen atoms in total. The molecule has 2 aromatic rings. The van der Waals surface area contributed by atoms with Gasteiger partial charge in [-0.25, -0.2) is 0 Å². The predicted octanol–water partition coefficient (Wildman–Crippen LogP) is 3.43. The average molecular weight is 342 g/mol. The van der Waals surface area contributed by atoms with E-state index in [9.17, 15) is 4.79 Å². The van der Waals surface area contributed by atoms with Gasteiger partial charge in [-0.2, -0.15) is 0 Å². The van der Waals surface area contributed by atoms with E-state index in [1.807, 2.05) is 51.1 Å². The van der Waals surface area contributed by atoms with E-state index in [0.29, 0.717) is 36.8 Å². The van der Waals surface area contributed by atoms with Crippen LogP contribution in [0.3, 0.4) is 0 Å². The van der Waals surface area contributed by atoms with Crippen molar-refractivity contribution in [3.63, 3.8) is 0 Å². The summed E-state index contributed by atoms with van der Waals surface area (Å²) in [6, 6.07) is 12.9. The first-order chi connectivity index (χ1) is 12.1. The van der Waals surface area contributed by atoms with E-state index in [0.717, 1.165) is 11.1 Å². The standard InChI is InChI=1S/C20H26N2O3/c1-4-24-18-11-10-17(12-19(18)25-5-2)14(3)22-20(23)16-8-6-15(13-21)7-9-16/h6-12,14H,4-5,13,21H2,1-3H3,(H,22,23). The maximum Gasteiger partial charge on any atom is 0.251 e. The maximum atomic E-state index is 12.4. The Bertz CT molecular complexity index is 699. The second-order valence-electron chi connectivity index (χ2n) is 5.67. The van der Waals surface area contributed by atoms with Gasteiger partial charge in [-0.3, -0.25) is 4.79 Å². The highest BCUT2D eigenvalue weighted by atomic mass is 16.5. The number of carbonyl (C=O) groups excluding carboxylic acids is 1. The summed E-state index contributed by atoms with van der Waals surface area (Å²) >= 11 is 0. The normalized spacial score (nSPS) is 11.7. The number of benzene rings is 2. The van der Waals surface area contributed by atoms with Crippen LogP contribution in [0.5, 0.6) is 11.5 Å². The zero-order chi connectivity index (χ0) is 18.2. The lowest BCUT2D eigenvalue weighted by atomic mass is 10.1. The quantitative estimate of drug-likeness (QED) is 0.771. The zero-order valence-electron chi connectivity index (χ0n) is 15.0. The number of ether oxygens (including phenoxy) is 2. The minimum absolute atomic E-state index is 0.122. The molecule has 134 valence electrons. The largest absolute Gasteiger partial charge is 0.490 e. The Morgan fingerprint density at radius 2 is 1.68 bits per heavy atom. The van der Waals surface area contributed by atoms with Gasteiger partial charge in [0.15, 0.2) is 11.5 Å². The molecular formula is C20H26N2O3. The average Bonchev–Trinajstić information content (AvgIpc) is 2.63. The molecule has 3 N–H and O–H groups in total. The van der Waals surface area contributed by atoms with Gasteiger partial charge in [0.1, 0.15) is 0 Å². The van der Waals surface area contributed by atoms with Crippen LogP contribution in [0.1, 0.15) is 48.3 Å². The summed E-state index contributed by atoms with van der Waals surface area (Å²) in [6.45, 7) is 7.39. The maximum absolute atomic E-state index is 12.4. The minimum atomic E-state index is -0.156. The Balaban J connectivity index is 2.11. The number of amides is 1. The van der Waals surface area contributed by atoms with Crippen molar-refractivity contribution in [1.82, 2.24) is 5.32 Å². The van der Waals surface area contributed by atoms with E-state index in [1.165, 1.54) is 0 Å². The molecule has 0 spiro atoms. The van der Waals surface area contributed by atoms with Gasteiger partial charge in [0.05, 0.1) is 19.3 Å². The van der Waals surface area contributed by atoms with Gasteiger partial charge in [-0.1, -0.05) is 18.2 Å². The summed E-state index contributed by atoms with van der Waals surface area (Å²) in [4.78, 5) is 12.4. The molecule has 0 saturated carbocycles. The third kappa shape index (κ3) is 4.97. The van der Waals surface area contributed by atoms with E-state index in [-0.39, 0.29) is 11.9 Å². The SMILES string of the molecule is CCOc1ccc(C(C)NC(=O)c2ccc(CN)cc2)cc1OCC. The van der Waals surface area contributed by atoms with Crippen molar-refractivity contribution in [3.05, 3.63) is 59.2 Å². The summed E-state index contributed by atoms with van der Waals surface area (Å²) in [5, 5.41) is 3.00. The highest BCUT2D eigenvalue weighted by Crippen LogP contribution is 2.30. The van der Waals surface area contributed by atoms with Crippen molar-refractivity contribution in [2.45, 2.75) is 33.4 Å². The van der Waals surface area contributed by atoms with Crippen LogP contribution in [0.25, 0.3) is 0 Å². The number of hydrogen-bond acceptors (Lipinski definition) is 4. The number of hydrogen-bond donors (Lipinski definition) is 2. The van der Waals surface area contributed by atoms with E-state index >= 15 is 0 Å². The predicted molar refractivity (Wildman–Crippen MR) is 99.0 cm³/mol. The molecule has 0 heterocycles. The fraction of sp³-hybridized carbons (Fsp3) is 0.350. The molecule has 0 aliphatic rings. The van der Waals surface area contributed by atoms with Crippen molar-refractivity contribution in [1.29, 1.82) is 0 Å². The Hall–Kier alpha value is -2.53. The summed E-state index contributed by atoms with van der Waals surface area (Å²) in [6.07, 6.45) is 0. The first kappa shape index (κ1) is 18.8. The molecule has 0 aromatic heterocycles. The van der Waals surface area contributed by atoms with Crippen LogP contribution in [-0.4, -0.2) is 19.1 Å². The van der Waals surface area contributed by atoms with E-state index < -0.39 is 0 Å². The first-order valence-corrected chi connectivity index (χ1v) is 8.58. The van der Waals surface area contributed by atoms with Crippen molar-refractivity contribution < 1.29 is 14.3 Å². The smallest absolute Gasteiger partial charge is 0.251 e. The Morgan fingerprint density at radius 3 is 2.28 bits per heavy atom. The van der Waals surface area contributed by atoms with Crippen LogP contribution >= 0.6 is 0 Å². The van der Waals surface area contributed by atoms with Crippen LogP contribution in [0.2, 0.25) is 0 Å². The second kappa shape index (κ2) is 9.08. The summed E-state index contributed by atoms with van der Waals surface area (Å²) in [5.74, 6) is 1.28. The molecular weight excluding hydrogens is 316 g/mol. The molecule has 2 rings (SSSR count). The van der Waals surface area contributed by atoms with Crippen LogP contribution in [0, 0.1) is 0 Å². The molecule has 25 heavy (non-hydrogen) atoms. The summed E-state index contributed by atoms with van der Waals surface area (Å²) in [5.41, 5.74) is 8.15. The highest BCUT2D eigenvalue weighted by molar-refractivity contribution is 5.94. The first-order valence-electron chi connectivity index (χ1n) is 8.58. The summed E-state index contributed by atoms with van der Waals surface area (Å²) < 4.78 is 11.2. The number of nitrogens with one attached hydrogen (secondary N) is 1. The lowest BCUT2D eigenvalue weighted by molar-refractivity contribution is 0.0940. The van der Waals surface area contributed by atoms with Crippen molar-refractivity contribution in [2.24, 2.45) is 5.73 Å². The lowest BCUT2D eigenvalue weighted by Gasteiger charge is -2.17. The highest BCUT2D eigenvalue weighted by Gasteiger charge is 2.14. The van der Waals surface area contributed by atoms with Crippen LogP contribution < -0.4 is 20.5 Å². The van der Waals surface area contributed by atoms with Gasteiger partial charge in [0, 0.05) is 12.1 Å². The fourth-order valence-electron chi connectivity index (χ4n) is 2.49. The molecule has 1 atom stereocenters. The molecule has 0 bridgehead atoms. The zero-order valence-corrected chi connectivity index (χ0v) is 15.0. The van der Waals surface area contributed by atoms with E-state index in [4.69, 9.17) is 15.2 Å². The Labute approximate surface area is 149 Å². The topological polar surface area (TPSA) is 73.6 Å². The molecule has 5 heteroatoms. The summed E-state index contributed by atoms with van der Waals surface area (Å²) in [7, 11) is 0. The fourth-order valence-corrected chi connectivity index (χ4v) is 2.49. The number of nitrogens with two attached hydrogens (primary N) is 1. The third-order valence-electron chi connectivity index (χ3n) is 3.87. The van der Waals surface area contributed by atoms with E-state index in [2.05, 4.69) is 5.32 Å². The third-order valence-corrected chi connectivity index (χ3v) is 3.87. The van der Waals surface area contributed by atoms with E-state index in [1.54, 1.807) is 12.1 Å². The van der Waals surface area contributed by atoms with Crippen LogP contribution in [0.15, 0.2) is 42.5 Å². The molecule has 0 radical (unpaired) electrons. The minimum Gasteiger partial charge on any atom is -0.490 e. The Kier molecular flexibility index (Phi) is 6.83. The van der Waals surface area contributed by atoms with Crippen molar-refractivity contribution in [3.8, 4) is 11.5 Å². The molecule has 2 aromatic carbocycles. The molecule has 1 amide bonds. The van der Waals surface area contributed by atoms with Crippen molar-refractivity contribution >= 4 is 5.91 Å². The molecule has 0 fully saturated rings. The van der Waals surface area contributed by atoms with Crippen LogP contribution in [-0.2, 0) is 6.54 Å². The number of rotatable bonds is 8. The Morgan fingerprint density at radius 1 is 1.04 bits per heavy atom. The van der Waals surface area contributed by atoms with Gasteiger partial charge in [-0.05, 0) is 56.2 Å². The van der Waals surface area contributed by atoms with Gasteiger partial charge < -0.3 is 20.5 Å². The van der Waals surface area contributed by atoms with Gasteiger partial charge >= 0.3 is 0 Å². The molecule has 0 aliphatic heterocycles. The molecule has 0 saturated heterocycles. The number of carbonyl (C=O) groups is 1. The lowest BCUT2D eigenvalue weighted by Crippen LogP contribution is -2.26. The van der Waals surface area contributed by atoms with Crippen LogP contribution in [0.4, 0.5) is 0 Å². The molecule has 1 unspecified atom stereocenters. The van der Waals surface area contributed by atoms with Gasteiger partial charge in [0.25, 0.3) is 5.91 Å².